The van der Waals surface area contributed by atoms with Crippen molar-refractivity contribution in [1.29, 1.82) is 0 Å². The van der Waals surface area contributed by atoms with Gasteiger partial charge in [-0.25, -0.2) is 0 Å². The SMILES string of the molecule is COCCCNCc1cc(C)nn1C. The summed E-state index contributed by atoms with van der Waals surface area (Å²) >= 11 is 0. The van der Waals surface area contributed by atoms with Crippen LogP contribution in [0.4, 0.5) is 0 Å². The van der Waals surface area contributed by atoms with E-state index in [4.69, 9.17) is 4.74 Å². The van der Waals surface area contributed by atoms with Crippen LogP contribution < -0.4 is 5.32 Å². The normalized spacial score (nSPS) is 10.8. The Hall–Kier alpha value is -0.870. The van der Waals surface area contributed by atoms with Gasteiger partial charge in [-0.15, -0.1) is 0 Å². The van der Waals surface area contributed by atoms with Crippen molar-refractivity contribution < 1.29 is 4.74 Å². The third-order valence-corrected chi connectivity index (χ3v) is 2.11. The maximum atomic E-state index is 4.96. The van der Waals surface area contributed by atoms with Gasteiger partial charge in [-0.1, -0.05) is 0 Å². The summed E-state index contributed by atoms with van der Waals surface area (Å²) < 4.78 is 6.88. The van der Waals surface area contributed by atoms with Gasteiger partial charge in [-0.3, -0.25) is 4.68 Å². The van der Waals surface area contributed by atoms with E-state index >= 15 is 0 Å². The number of aryl methyl sites for hydroxylation is 2. The fourth-order valence-corrected chi connectivity index (χ4v) is 1.39. The summed E-state index contributed by atoms with van der Waals surface area (Å²) in [5.74, 6) is 0. The minimum absolute atomic E-state index is 0.817. The molecule has 1 aromatic rings. The second-order valence-corrected chi connectivity index (χ2v) is 3.42. The summed E-state index contributed by atoms with van der Waals surface area (Å²) in [6.07, 6.45) is 1.05. The quantitative estimate of drug-likeness (QED) is 0.687. The lowest BCUT2D eigenvalue weighted by Crippen LogP contribution is -2.18. The lowest BCUT2D eigenvalue weighted by Gasteiger charge is -2.04. The summed E-state index contributed by atoms with van der Waals surface area (Å²) in [5.41, 5.74) is 2.29. The Kier molecular flexibility index (Phi) is 4.62. The standard InChI is InChI=1S/C10H19N3O/c1-9-7-10(13(2)12-9)8-11-5-4-6-14-3/h7,11H,4-6,8H2,1-3H3. The Morgan fingerprint density at radius 3 is 2.93 bits per heavy atom. The zero-order chi connectivity index (χ0) is 10.4. The van der Waals surface area contributed by atoms with E-state index in [1.54, 1.807) is 7.11 Å². The summed E-state index contributed by atoms with van der Waals surface area (Å²) in [6, 6.07) is 2.10. The van der Waals surface area contributed by atoms with Crippen LogP contribution in [-0.2, 0) is 18.3 Å². The molecule has 4 nitrogen and oxygen atoms in total. The number of aromatic nitrogens is 2. The minimum Gasteiger partial charge on any atom is -0.385 e. The van der Waals surface area contributed by atoms with Gasteiger partial charge in [-0.05, 0) is 26.0 Å². The van der Waals surface area contributed by atoms with Crippen LogP contribution in [0.5, 0.6) is 0 Å². The molecule has 80 valence electrons. The van der Waals surface area contributed by atoms with Crippen molar-refractivity contribution in [2.24, 2.45) is 7.05 Å². The molecule has 0 unspecified atom stereocenters. The summed E-state index contributed by atoms with van der Waals surface area (Å²) in [5, 5.41) is 7.63. The fraction of sp³-hybridized carbons (Fsp3) is 0.700. The highest BCUT2D eigenvalue weighted by Gasteiger charge is 2.00. The molecule has 1 heterocycles. The molecule has 0 atom stereocenters. The number of nitrogens with zero attached hydrogens (tertiary/aromatic N) is 2. The van der Waals surface area contributed by atoms with Crippen molar-refractivity contribution in [3.8, 4) is 0 Å². The monoisotopic (exact) mass is 197 g/mol. The fourth-order valence-electron chi connectivity index (χ4n) is 1.39. The average molecular weight is 197 g/mol. The molecule has 0 saturated heterocycles. The van der Waals surface area contributed by atoms with Crippen molar-refractivity contribution in [3.63, 3.8) is 0 Å². The number of rotatable bonds is 6. The molecule has 1 aromatic heterocycles. The molecule has 0 radical (unpaired) electrons. The number of nitrogens with one attached hydrogen (secondary N) is 1. The summed E-state index contributed by atoms with van der Waals surface area (Å²) in [7, 11) is 3.70. The van der Waals surface area contributed by atoms with Gasteiger partial charge < -0.3 is 10.1 Å². The molecule has 0 bridgehead atoms. The second kappa shape index (κ2) is 5.78. The highest BCUT2D eigenvalue weighted by molar-refractivity contribution is 5.07. The molecule has 0 saturated carbocycles. The molecule has 0 amide bonds. The molecule has 0 aromatic carbocycles. The molecular weight excluding hydrogens is 178 g/mol. The first-order chi connectivity index (χ1) is 6.74. The van der Waals surface area contributed by atoms with Gasteiger partial charge in [0, 0.05) is 27.3 Å². The van der Waals surface area contributed by atoms with Crippen LogP contribution in [0.3, 0.4) is 0 Å². The van der Waals surface area contributed by atoms with Crippen molar-refractivity contribution in [2.75, 3.05) is 20.3 Å². The second-order valence-electron chi connectivity index (χ2n) is 3.42. The van der Waals surface area contributed by atoms with Gasteiger partial charge in [0.1, 0.15) is 0 Å². The van der Waals surface area contributed by atoms with E-state index in [-0.39, 0.29) is 0 Å². The topological polar surface area (TPSA) is 39.1 Å². The highest BCUT2D eigenvalue weighted by atomic mass is 16.5. The third kappa shape index (κ3) is 3.47. The highest BCUT2D eigenvalue weighted by Crippen LogP contribution is 2.00. The Labute approximate surface area is 85.3 Å². The third-order valence-electron chi connectivity index (χ3n) is 2.11. The maximum Gasteiger partial charge on any atom is 0.0597 e. The van der Waals surface area contributed by atoms with Crippen LogP contribution >= 0.6 is 0 Å². The number of ether oxygens (including phenoxy) is 1. The molecule has 14 heavy (non-hydrogen) atoms. The molecular formula is C10H19N3O. The van der Waals surface area contributed by atoms with Crippen molar-refractivity contribution in [2.45, 2.75) is 19.9 Å². The summed E-state index contributed by atoms with van der Waals surface area (Å²) in [4.78, 5) is 0. The maximum absolute atomic E-state index is 4.96. The van der Waals surface area contributed by atoms with Gasteiger partial charge in [0.05, 0.1) is 11.4 Å². The predicted octanol–water partition coefficient (Wildman–Crippen LogP) is 0.855. The number of methoxy groups -OCH3 is 1. The van der Waals surface area contributed by atoms with Gasteiger partial charge in [0.25, 0.3) is 0 Å². The first kappa shape index (κ1) is 11.2. The molecule has 1 rings (SSSR count). The zero-order valence-corrected chi connectivity index (χ0v) is 9.21. The van der Waals surface area contributed by atoms with E-state index in [9.17, 15) is 0 Å². The first-order valence-electron chi connectivity index (χ1n) is 4.93. The Morgan fingerprint density at radius 1 is 1.57 bits per heavy atom. The minimum atomic E-state index is 0.817. The molecule has 4 heteroatoms. The van der Waals surface area contributed by atoms with Crippen LogP contribution in [0.15, 0.2) is 6.07 Å². The van der Waals surface area contributed by atoms with Gasteiger partial charge >= 0.3 is 0 Å². The molecule has 1 N–H and O–H groups in total. The summed E-state index contributed by atoms with van der Waals surface area (Å²) in [6.45, 7) is 4.69. The van der Waals surface area contributed by atoms with E-state index in [1.165, 1.54) is 5.69 Å². The van der Waals surface area contributed by atoms with Gasteiger partial charge in [0.2, 0.25) is 0 Å². The predicted molar refractivity (Wildman–Crippen MR) is 56.1 cm³/mol. The van der Waals surface area contributed by atoms with Crippen molar-refractivity contribution in [1.82, 2.24) is 15.1 Å². The van der Waals surface area contributed by atoms with E-state index in [2.05, 4.69) is 16.5 Å². The number of hydrogen-bond acceptors (Lipinski definition) is 3. The first-order valence-corrected chi connectivity index (χ1v) is 4.93. The lowest BCUT2D eigenvalue weighted by molar-refractivity contribution is 0.194. The average Bonchev–Trinajstić information content (AvgIpc) is 2.45. The van der Waals surface area contributed by atoms with Crippen molar-refractivity contribution in [3.05, 3.63) is 17.5 Å². The Bertz CT molecular complexity index is 270. The smallest absolute Gasteiger partial charge is 0.0597 e. The van der Waals surface area contributed by atoms with E-state index in [0.717, 1.165) is 31.8 Å². The van der Waals surface area contributed by atoms with Crippen LogP contribution in [0.25, 0.3) is 0 Å². The van der Waals surface area contributed by atoms with E-state index < -0.39 is 0 Å². The largest absolute Gasteiger partial charge is 0.385 e. The Balaban J connectivity index is 2.21. The van der Waals surface area contributed by atoms with Crippen LogP contribution in [-0.4, -0.2) is 30.0 Å². The molecule has 0 aliphatic rings. The molecule has 0 fully saturated rings. The molecule has 0 aliphatic carbocycles. The van der Waals surface area contributed by atoms with Crippen LogP contribution in [0, 0.1) is 6.92 Å². The molecule has 0 spiro atoms. The van der Waals surface area contributed by atoms with Gasteiger partial charge in [0.15, 0.2) is 0 Å². The van der Waals surface area contributed by atoms with E-state index in [0.29, 0.717) is 0 Å². The van der Waals surface area contributed by atoms with Gasteiger partial charge in [-0.2, -0.15) is 5.10 Å². The van der Waals surface area contributed by atoms with Crippen LogP contribution in [0.2, 0.25) is 0 Å². The lowest BCUT2D eigenvalue weighted by atomic mass is 10.3. The zero-order valence-electron chi connectivity index (χ0n) is 9.21. The number of hydrogen-bond donors (Lipinski definition) is 1. The molecule has 0 aliphatic heterocycles. The van der Waals surface area contributed by atoms with E-state index in [1.807, 2.05) is 18.7 Å². The van der Waals surface area contributed by atoms with Crippen LogP contribution in [0.1, 0.15) is 17.8 Å². The Morgan fingerprint density at radius 2 is 2.36 bits per heavy atom. The van der Waals surface area contributed by atoms with Crippen molar-refractivity contribution >= 4 is 0 Å².